The molecule has 9 nitrogen and oxygen atoms in total. The molecule has 1 aromatic carbocycles. The molecule has 1 N–H and O–H groups in total. The van der Waals surface area contributed by atoms with Crippen LogP contribution in [0.5, 0.6) is 0 Å². The normalized spacial score (nSPS) is 11.4. The molecule has 0 radical (unpaired) electrons. The van der Waals surface area contributed by atoms with Gasteiger partial charge in [-0.1, -0.05) is 61.5 Å². The molecule has 0 amide bonds. The largest absolute Gasteiger partial charge is 0.410 e. The van der Waals surface area contributed by atoms with Crippen molar-refractivity contribution in [3.8, 4) is 10.8 Å². The zero-order valence-electron chi connectivity index (χ0n) is 18.4. The molecular weight excluding hydrogens is 472 g/mol. The molecule has 5 aromatic rings. The van der Waals surface area contributed by atoms with Gasteiger partial charge >= 0.3 is 5.69 Å². The topological polar surface area (TPSA) is 112 Å². The van der Waals surface area contributed by atoms with Crippen LogP contribution >= 0.6 is 23.1 Å². The van der Waals surface area contributed by atoms with Crippen LogP contribution in [0.3, 0.4) is 0 Å². The minimum atomic E-state index is -0.474. The minimum Gasteiger partial charge on any atom is -0.410 e. The second-order valence-electron chi connectivity index (χ2n) is 7.68. The molecule has 11 heteroatoms. The van der Waals surface area contributed by atoms with Crippen LogP contribution in [-0.2, 0) is 18.8 Å². The molecule has 0 aliphatic heterocycles. The van der Waals surface area contributed by atoms with Gasteiger partial charge in [-0.05, 0) is 23.4 Å². The van der Waals surface area contributed by atoms with Gasteiger partial charge in [-0.3, -0.25) is 14.3 Å². The molecule has 0 unspecified atom stereocenters. The van der Waals surface area contributed by atoms with Gasteiger partial charge in [-0.15, -0.1) is 21.5 Å². The van der Waals surface area contributed by atoms with E-state index in [1.807, 2.05) is 52.4 Å². The molecule has 0 saturated carbocycles. The van der Waals surface area contributed by atoms with Crippen LogP contribution in [0.25, 0.3) is 21.9 Å². The van der Waals surface area contributed by atoms with Crippen LogP contribution < -0.4 is 11.2 Å². The molecule has 174 valence electrons. The van der Waals surface area contributed by atoms with E-state index >= 15 is 0 Å². The number of aromatic nitrogens is 6. The fourth-order valence-electron chi connectivity index (χ4n) is 3.69. The number of imidazole rings is 1. The number of thioether (sulfide) groups is 1. The predicted octanol–water partition coefficient (Wildman–Crippen LogP) is 4.14. The molecule has 0 bridgehead atoms. The SMILES string of the molecule is CCCCn1c(CSc2nnc(-c3cccs3)o2)nc2c1c(=O)[nH]c(=O)n2Cc1ccccc1. The number of benzene rings is 1. The van der Waals surface area contributed by atoms with Gasteiger partial charge in [-0.25, -0.2) is 9.78 Å². The van der Waals surface area contributed by atoms with Crippen LogP contribution in [0.2, 0.25) is 0 Å². The van der Waals surface area contributed by atoms with Crippen molar-refractivity contribution in [2.24, 2.45) is 0 Å². The van der Waals surface area contributed by atoms with E-state index < -0.39 is 11.2 Å². The van der Waals surface area contributed by atoms with Crippen LogP contribution in [-0.4, -0.2) is 29.3 Å². The summed E-state index contributed by atoms with van der Waals surface area (Å²) in [4.78, 5) is 33.7. The Labute approximate surface area is 202 Å². The van der Waals surface area contributed by atoms with Gasteiger partial charge < -0.3 is 8.98 Å². The van der Waals surface area contributed by atoms with E-state index in [1.165, 1.54) is 27.7 Å². The first kappa shape index (κ1) is 22.4. The van der Waals surface area contributed by atoms with Crippen molar-refractivity contribution < 1.29 is 4.42 Å². The predicted molar refractivity (Wildman–Crippen MR) is 132 cm³/mol. The van der Waals surface area contributed by atoms with E-state index in [1.54, 1.807) is 0 Å². The van der Waals surface area contributed by atoms with Gasteiger partial charge in [0.05, 0.1) is 17.2 Å². The second kappa shape index (κ2) is 9.82. The second-order valence-corrected chi connectivity index (χ2v) is 9.55. The third kappa shape index (κ3) is 4.48. The lowest BCUT2D eigenvalue weighted by Gasteiger charge is -2.08. The van der Waals surface area contributed by atoms with E-state index in [2.05, 4.69) is 22.1 Å². The molecule has 0 fully saturated rings. The van der Waals surface area contributed by atoms with Crippen LogP contribution in [0.15, 0.2) is 67.1 Å². The molecule has 0 aliphatic rings. The Bertz CT molecular complexity index is 1520. The maximum Gasteiger partial charge on any atom is 0.330 e. The summed E-state index contributed by atoms with van der Waals surface area (Å²) in [5, 5.41) is 10.6. The molecule has 0 saturated heterocycles. The highest BCUT2D eigenvalue weighted by Crippen LogP contribution is 2.28. The average molecular weight is 495 g/mol. The van der Waals surface area contributed by atoms with E-state index in [9.17, 15) is 9.59 Å². The van der Waals surface area contributed by atoms with Crippen molar-refractivity contribution in [1.29, 1.82) is 0 Å². The summed E-state index contributed by atoms with van der Waals surface area (Å²) in [6.07, 6.45) is 1.84. The number of nitrogens with one attached hydrogen (secondary N) is 1. The highest BCUT2D eigenvalue weighted by atomic mass is 32.2. The maximum atomic E-state index is 12.8. The number of fused-ring (bicyclic) bond motifs is 1. The molecule has 34 heavy (non-hydrogen) atoms. The average Bonchev–Trinajstić information content (AvgIpc) is 3.59. The summed E-state index contributed by atoms with van der Waals surface area (Å²) in [6.45, 7) is 3.03. The van der Waals surface area contributed by atoms with Crippen molar-refractivity contribution in [3.05, 3.63) is 80.1 Å². The number of hydrogen-bond donors (Lipinski definition) is 1. The zero-order valence-corrected chi connectivity index (χ0v) is 20.1. The van der Waals surface area contributed by atoms with E-state index in [4.69, 9.17) is 9.40 Å². The lowest BCUT2D eigenvalue weighted by atomic mass is 10.2. The monoisotopic (exact) mass is 494 g/mol. The molecule has 4 aromatic heterocycles. The Morgan fingerprint density at radius 3 is 2.71 bits per heavy atom. The van der Waals surface area contributed by atoms with Crippen molar-refractivity contribution in [2.45, 2.75) is 43.8 Å². The number of nitrogens with zero attached hydrogens (tertiary/aromatic N) is 5. The van der Waals surface area contributed by atoms with Crippen molar-refractivity contribution >= 4 is 34.3 Å². The first-order chi connectivity index (χ1) is 16.6. The Kier molecular flexibility index (Phi) is 6.45. The molecular formula is C23H22N6O3S2. The Morgan fingerprint density at radius 2 is 1.94 bits per heavy atom. The highest BCUT2D eigenvalue weighted by molar-refractivity contribution is 7.98. The number of hydrogen-bond acceptors (Lipinski definition) is 8. The van der Waals surface area contributed by atoms with Gasteiger partial charge in [0.15, 0.2) is 11.2 Å². The van der Waals surface area contributed by atoms with Crippen molar-refractivity contribution in [2.75, 3.05) is 0 Å². The van der Waals surface area contributed by atoms with E-state index in [0.717, 1.165) is 23.3 Å². The third-order valence-corrected chi connectivity index (χ3v) is 7.02. The molecule has 0 aliphatic carbocycles. The quantitative estimate of drug-likeness (QED) is 0.307. The van der Waals surface area contributed by atoms with Crippen molar-refractivity contribution in [3.63, 3.8) is 0 Å². The Balaban J connectivity index is 1.51. The summed E-state index contributed by atoms with van der Waals surface area (Å²) < 4.78 is 9.20. The van der Waals surface area contributed by atoms with E-state index in [-0.39, 0.29) is 0 Å². The molecule has 4 heterocycles. The maximum absolute atomic E-state index is 12.8. The van der Waals surface area contributed by atoms with Gasteiger partial charge in [-0.2, -0.15) is 0 Å². The van der Waals surface area contributed by atoms with Gasteiger partial charge in [0.1, 0.15) is 5.82 Å². The van der Waals surface area contributed by atoms with Crippen LogP contribution in [0, 0.1) is 0 Å². The van der Waals surface area contributed by atoms with E-state index in [0.29, 0.717) is 46.9 Å². The number of rotatable bonds is 9. The summed E-state index contributed by atoms with van der Waals surface area (Å²) in [5.74, 6) is 1.58. The third-order valence-electron chi connectivity index (χ3n) is 5.35. The summed E-state index contributed by atoms with van der Waals surface area (Å²) in [7, 11) is 0. The zero-order chi connectivity index (χ0) is 23.5. The number of aromatic amines is 1. The number of aryl methyl sites for hydroxylation is 1. The van der Waals surface area contributed by atoms with Gasteiger partial charge in [0, 0.05) is 6.54 Å². The van der Waals surface area contributed by atoms with Crippen LogP contribution in [0.4, 0.5) is 0 Å². The Hall–Kier alpha value is -3.44. The first-order valence-electron chi connectivity index (χ1n) is 10.9. The van der Waals surface area contributed by atoms with Gasteiger partial charge in [0.25, 0.3) is 16.7 Å². The Morgan fingerprint density at radius 1 is 1.09 bits per heavy atom. The number of thiophene rings is 1. The summed E-state index contributed by atoms with van der Waals surface area (Å²) >= 11 is 2.89. The number of H-pyrrole nitrogens is 1. The lowest BCUT2D eigenvalue weighted by molar-refractivity contribution is 0.466. The fourth-order valence-corrected chi connectivity index (χ4v) is 5.05. The van der Waals surface area contributed by atoms with Gasteiger partial charge in [0.2, 0.25) is 0 Å². The molecule has 5 rings (SSSR count). The smallest absolute Gasteiger partial charge is 0.330 e. The molecule has 0 atom stereocenters. The standard InChI is InChI=1S/C23H22N6O3S2/c1-2-3-11-28-17(14-34-23-27-26-21(32-23)16-10-7-12-33-16)24-19-18(28)20(30)25-22(31)29(19)13-15-8-5-4-6-9-15/h4-10,12H,2-3,11,13-14H2,1H3,(H,25,30,31). The molecule has 0 spiro atoms. The number of unbranched alkanes of at least 4 members (excludes halogenated alkanes) is 1. The van der Waals surface area contributed by atoms with Crippen molar-refractivity contribution in [1.82, 2.24) is 29.3 Å². The summed E-state index contributed by atoms with van der Waals surface area (Å²) in [6, 6.07) is 13.5. The first-order valence-corrected chi connectivity index (χ1v) is 12.8. The summed E-state index contributed by atoms with van der Waals surface area (Å²) in [5.41, 5.74) is 0.836. The van der Waals surface area contributed by atoms with Crippen LogP contribution in [0.1, 0.15) is 31.2 Å². The lowest BCUT2D eigenvalue weighted by Crippen LogP contribution is -2.31. The fraction of sp³-hybridized carbons (Fsp3) is 0.261. The highest BCUT2D eigenvalue weighted by Gasteiger charge is 2.20. The minimum absolute atomic E-state index is 0.318.